The van der Waals surface area contributed by atoms with Crippen LogP contribution < -0.4 is 4.72 Å². The number of rotatable bonds is 7. The van der Waals surface area contributed by atoms with E-state index in [1.54, 1.807) is 6.92 Å². The molecule has 142 valence electrons. The third kappa shape index (κ3) is 5.40. The largest absolute Gasteiger partial charge is 0.241 e. The lowest BCUT2D eigenvalue weighted by atomic mass is 10.0. The number of hydrogen-bond donors (Lipinski definition) is 1. The van der Waals surface area contributed by atoms with Gasteiger partial charge in [-0.05, 0) is 54.7 Å². The third-order valence-corrected chi connectivity index (χ3v) is 6.70. The predicted octanol–water partition coefficient (Wildman–Crippen LogP) is 3.33. The second-order valence-corrected chi connectivity index (χ2v) is 10.7. The first-order valence-corrected chi connectivity index (χ1v) is 11.8. The summed E-state index contributed by atoms with van der Waals surface area (Å²) < 4.78 is 50.7. The maximum absolute atomic E-state index is 12.5. The van der Waals surface area contributed by atoms with Crippen LogP contribution in [0.25, 0.3) is 0 Å². The van der Waals surface area contributed by atoms with Gasteiger partial charge in [-0.15, -0.1) is 0 Å². The van der Waals surface area contributed by atoms with Crippen molar-refractivity contribution in [3.63, 3.8) is 0 Å². The van der Waals surface area contributed by atoms with Crippen molar-refractivity contribution in [3.05, 3.63) is 59.7 Å². The Labute approximate surface area is 156 Å². The molecule has 0 saturated carbocycles. The molecule has 0 bridgehead atoms. The second-order valence-electron chi connectivity index (χ2n) is 6.93. The summed E-state index contributed by atoms with van der Waals surface area (Å²) >= 11 is 0. The second kappa shape index (κ2) is 7.90. The van der Waals surface area contributed by atoms with Crippen molar-refractivity contribution in [2.45, 2.75) is 43.0 Å². The molecule has 0 unspecified atom stereocenters. The van der Waals surface area contributed by atoms with Crippen LogP contribution in [0.3, 0.4) is 0 Å². The molecule has 0 saturated heterocycles. The lowest BCUT2D eigenvalue weighted by Gasteiger charge is -2.16. The molecule has 0 radical (unpaired) electrons. The average Bonchev–Trinajstić information content (AvgIpc) is 2.54. The molecule has 0 heterocycles. The molecule has 0 aromatic heterocycles. The van der Waals surface area contributed by atoms with Crippen LogP contribution in [-0.2, 0) is 26.3 Å². The fourth-order valence-corrected chi connectivity index (χ4v) is 4.51. The molecule has 0 aliphatic rings. The van der Waals surface area contributed by atoms with Gasteiger partial charge >= 0.3 is 0 Å². The Morgan fingerprint density at radius 2 is 1.31 bits per heavy atom. The molecule has 7 heteroatoms. The molecule has 0 spiro atoms. The molecule has 1 atom stereocenters. The van der Waals surface area contributed by atoms with Crippen LogP contribution >= 0.6 is 0 Å². The van der Waals surface area contributed by atoms with E-state index in [1.807, 2.05) is 24.3 Å². The highest BCUT2D eigenvalue weighted by molar-refractivity contribution is 7.90. The molecule has 0 aliphatic heterocycles. The summed E-state index contributed by atoms with van der Waals surface area (Å²) in [5.74, 6) is 0.562. The molecule has 2 rings (SSSR count). The van der Waals surface area contributed by atoms with Crippen molar-refractivity contribution >= 4 is 19.9 Å². The van der Waals surface area contributed by atoms with Crippen molar-refractivity contribution in [2.75, 3.05) is 6.26 Å². The van der Waals surface area contributed by atoms with Gasteiger partial charge in [0.25, 0.3) is 0 Å². The molecule has 2 aromatic carbocycles. The highest BCUT2D eigenvalue weighted by Crippen LogP contribution is 2.20. The SMILES string of the molecule is CC(C)Cc1ccc([C@H](C)NS(=O)(=O)c2ccc(S(C)(=O)=O)cc2)cc1. The van der Waals surface area contributed by atoms with Crippen LogP contribution in [0, 0.1) is 5.92 Å². The Hall–Kier alpha value is -1.70. The molecule has 0 fully saturated rings. The standard InChI is InChI=1S/C19H25NO4S2/c1-14(2)13-16-5-7-17(8-6-16)15(3)20-26(23,24)19-11-9-18(10-12-19)25(4,21)22/h5-12,14-15,20H,13H2,1-4H3/t15-/m0/s1. The van der Waals surface area contributed by atoms with E-state index in [0.29, 0.717) is 5.92 Å². The fourth-order valence-electron chi connectivity index (χ4n) is 2.65. The predicted molar refractivity (Wildman–Crippen MR) is 103 cm³/mol. The first-order valence-electron chi connectivity index (χ1n) is 8.40. The minimum absolute atomic E-state index is 0.0353. The first kappa shape index (κ1) is 20.6. The zero-order chi connectivity index (χ0) is 19.5. The highest BCUT2D eigenvalue weighted by atomic mass is 32.2. The van der Waals surface area contributed by atoms with Crippen LogP contribution in [-0.4, -0.2) is 23.1 Å². The zero-order valence-corrected chi connectivity index (χ0v) is 17.1. The topological polar surface area (TPSA) is 80.3 Å². The van der Waals surface area contributed by atoms with Crippen LogP contribution in [0.4, 0.5) is 0 Å². The number of sulfonamides is 1. The van der Waals surface area contributed by atoms with Crippen molar-refractivity contribution in [1.82, 2.24) is 4.72 Å². The van der Waals surface area contributed by atoms with Crippen LogP contribution in [0.1, 0.15) is 37.9 Å². The van der Waals surface area contributed by atoms with Gasteiger partial charge in [0.1, 0.15) is 0 Å². The van der Waals surface area contributed by atoms with E-state index >= 15 is 0 Å². The fraction of sp³-hybridized carbons (Fsp3) is 0.368. The van der Waals surface area contributed by atoms with Gasteiger partial charge in [0.05, 0.1) is 9.79 Å². The Morgan fingerprint density at radius 1 is 0.808 bits per heavy atom. The van der Waals surface area contributed by atoms with Gasteiger partial charge in [0.15, 0.2) is 9.84 Å². The summed E-state index contributed by atoms with van der Waals surface area (Å²) in [5.41, 5.74) is 2.09. The summed E-state index contributed by atoms with van der Waals surface area (Å²) in [7, 11) is -7.10. The van der Waals surface area contributed by atoms with E-state index in [4.69, 9.17) is 0 Å². The number of hydrogen-bond acceptors (Lipinski definition) is 4. The smallest absolute Gasteiger partial charge is 0.224 e. The van der Waals surface area contributed by atoms with Crippen molar-refractivity contribution in [1.29, 1.82) is 0 Å². The molecular formula is C19H25NO4S2. The molecule has 26 heavy (non-hydrogen) atoms. The van der Waals surface area contributed by atoms with Gasteiger partial charge in [-0.1, -0.05) is 38.1 Å². The van der Waals surface area contributed by atoms with E-state index < -0.39 is 25.9 Å². The normalized spacial score (nSPS) is 13.7. The molecular weight excluding hydrogens is 370 g/mol. The van der Waals surface area contributed by atoms with Crippen LogP contribution in [0.2, 0.25) is 0 Å². The quantitative estimate of drug-likeness (QED) is 0.780. The molecule has 2 aromatic rings. The maximum Gasteiger partial charge on any atom is 0.241 e. The Balaban J connectivity index is 2.15. The van der Waals surface area contributed by atoms with Gasteiger partial charge in [0.2, 0.25) is 10.0 Å². The highest BCUT2D eigenvalue weighted by Gasteiger charge is 2.19. The van der Waals surface area contributed by atoms with Crippen molar-refractivity contribution in [2.24, 2.45) is 5.92 Å². The summed E-state index contributed by atoms with van der Waals surface area (Å²) in [6, 6.07) is 12.7. The van der Waals surface area contributed by atoms with E-state index in [2.05, 4.69) is 18.6 Å². The van der Waals surface area contributed by atoms with Crippen molar-refractivity contribution < 1.29 is 16.8 Å². The summed E-state index contributed by atoms with van der Waals surface area (Å²) in [6.45, 7) is 6.08. The van der Waals surface area contributed by atoms with Gasteiger partial charge in [-0.2, -0.15) is 0 Å². The Morgan fingerprint density at radius 3 is 1.77 bits per heavy atom. The molecule has 1 N–H and O–H groups in total. The minimum Gasteiger partial charge on any atom is -0.224 e. The first-order chi connectivity index (χ1) is 12.0. The van der Waals surface area contributed by atoms with Crippen LogP contribution in [0.5, 0.6) is 0 Å². The van der Waals surface area contributed by atoms with E-state index in [9.17, 15) is 16.8 Å². The van der Waals surface area contributed by atoms with Gasteiger partial charge in [0, 0.05) is 12.3 Å². The summed E-state index contributed by atoms with van der Waals surface area (Å²) in [4.78, 5) is 0.124. The van der Waals surface area contributed by atoms with Gasteiger partial charge in [-0.3, -0.25) is 0 Å². The van der Waals surface area contributed by atoms with Gasteiger partial charge in [-0.25, -0.2) is 21.6 Å². The molecule has 5 nitrogen and oxygen atoms in total. The summed E-state index contributed by atoms with van der Waals surface area (Å²) in [5, 5.41) is 0. The van der Waals surface area contributed by atoms with E-state index in [0.717, 1.165) is 18.2 Å². The monoisotopic (exact) mass is 395 g/mol. The third-order valence-electron chi connectivity index (χ3n) is 4.02. The van der Waals surface area contributed by atoms with Crippen LogP contribution in [0.15, 0.2) is 58.3 Å². The number of benzene rings is 2. The maximum atomic E-state index is 12.5. The number of sulfone groups is 1. The lowest BCUT2D eigenvalue weighted by Crippen LogP contribution is -2.26. The Kier molecular flexibility index (Phi) is 6.26. The zero-order valence-electron chi connectivity index (χ0n) is 15.4. The average molecular weight is 396 g/mol. The van der Waals surface area contributed by atoms with E-state index in [-0.39, 0.29) is 9.79 Å². The molecule has 0 amide bonds. The number of nitrogens with one attached hydrogen (secondary N) is 1. The Bertz CT molecular complexity index is 946. The van der Waals surface area contributed by atoms with Gasteiger partial charge < -0.3 is 0 Å². The lowest BCUT2D eigenvalue weighted by molar-refractivity contribution is 0.566. The minimum atomic E-state index is -3.74. The molecule has 0 aliphatic carbocycles. The van der Waals surface area contributed by atoms with E-state index in [1.165, 1.54) is 29.8 Å². The van der Waals surface area contributed by atoms with Crippen molar-refractivity contribution in [3.8, 4) is 0 Å². The summed E-state index contributed by atoms with van der Waals surface area (Å²) in [6.07, 6.45) is 2.06.